The Morgan fingerprint density at radius 3 is 3.05 bits per heavy atom. The maximum atomic E-state index is 12.0. The van der Waals surface area contributed by atoms with Crippen LogP contribution in [-0.2, 0) is 20.9 Å². The van der Waals surface area contributed by atoms with Crippen LogP contribution in [0.15, 0.2) is 18.2 Å². The third kappa shape index (κ3) is 4.26. The average molecular weight is 292 g/mol. The van der Waals surface area contributed by atoms with Gasteiger partial charge in [0.1, 0.15) is 13.0 Å². The highest BCUT2D eigenvalue weighted by Crippen LogP contribution is 2.00. The highest BCUT2D eigenvalue weighted by atomic mass is 16.5. The molecule has 0 bridgehead atoms. The molecule has 1 aromatic heterocycles. The number of nitrogens with one attached hydrogen (secondary N) is 2. The lowest BCUT2D eigenvalue weighted by atomic mass is 10.1. The number of hydrogen-bond donors (Lipinski definition) is 2. The van der Waals surface area contributed by atoms with Crippen molar-refractivity contribution in [3.63, 3.8) is 0 Å². The second-order valence-corrected chi connectivity index (χ2v) is 5.21. The molecule has 1 saturated heterocycles. The van der Waals surface area contributed by atoms with E-state index in [-0.39, 0.29) is 18.3 Å². The lowest BCUT2D eigenvalue weighted by Gasteiger charge is -2.31. The van der Waals surface area contributed by atoms with Crippen molar-refractivity contribution in [2.75, 3.05) is 19.7 Å². The van der Waals surface area contributed by atoms with E-state index in [0.717, 1.165) is 22.8 Å². The van der Waals surface area contributed by atoms with E-state index in [1.165, 1.54) is 0 Å². The van der Waals surface area contributed by atoms with Gasteiger partial charge in [-0.2, -0.15) is 0 Å². The van der Waals surface area contributed by atoms with Crippen molar-refractivity contribution >= 4 is 11.9 Å². The normalized spacial score (nSPS) is 21.7. The van der Waals surface area contributed by atoms with Crippen molar-refractivity contribution in [1.29, 1.82) is 0 Å². The Kier molecular flexibility index (Phi) is 5.27. The third-order valence-corrected chi connectivity index (χ3v) is 3.58. The third-order valence-electron chi connectivity index (χ3n) is 3.58. The van der Waals surface area contributed by atoms with Gasteiger partial charge in [0, 0.05) is 5.69 Å². The molecule has 1 amide bonds. The van der Waals surface area contributed by atoms with Gasteiger partial charge in [-0.15, -0.1) is 0 Å². The zero-order valence-electron chi connectivity index (χ0n) is 12.5. The van der Waals surface area contributed by atoms with Crippen LogP contribution in [0.5, 0.6) is 0 Å². The molecular weight excluding hydrogens is 270 g/mol. The Morgan fingerprint density at radius 1 is 1.52 bits per heavy atom. The summed E-state index contributed by atoms with van der Waals surface area (Å²) in [5.74, 6) is -0.411. The van der Waals surface area contributed by atoms with Gasteiger partial charge in [-0.05, 0) is 26.0 Å². The first-order chi connectivity index (χ1) is 10.1. The SMILES string of the molecule is CCOC(=O)C[C@H]1C(=O)NCC[NH+]1Cc1cccc(C)n1. The number of hydrogen-bond acceptors (Lipinski definition) is 4. The van der Waals surface area contributed by atoms with Gasteiger partial charge in [0.25, 0.3) is 5.91 Å². The number of piperazine rings is 1. The van der Waals surface area contributed by atoms with Gasteiger partial charge >= 0.3 is 5.97 Å². The van der Waals surface area contributed by atoms with Crippen LogP contribution in [-0.4, -0.2) is 42.6 Å². The van der Waals surface area contributed by atoms with Crippen LogP contribution in [0.1, 0.15) is 24.7 Å². The molecule has 0 saturated carbocycles. The molecule has 0 aliphatic carbocycles. The predicted octanol–water partition coefficient (Wildman–Crippen LogP) is -0.773. The zero-order valence-corrected chi connectivity index (χ0v) is 12.5. The molecule has 1 unspecified atom stereocenters. The van der Waals surface area contributed by atoms with E-state index in [4.69, 9.17) is 4.74 Å². The lowest BCUT2D eigenvalue weighted by Crippen LogP contribution is -3.18. The molecule has 6 nitrogen and oxygen atoms in total. The molecule has 1 fully saturated rings. The quantitative estimate of drug-likeness (QED) is 0.699. The van der Waals surface area contributed by atoms with E-state index in [9.17, 15) is 9.59 Å². The number of rotatable bonds is 5. The minimum Gasteiger partial charge on any atom is -0.466 e. The molecule has 6 heteroatoms. The molecule has 1 aliphatic heterocycles. The molecule has 21 heavy (non-hydrogen) atoms. The molecule has 114 valence electrons. The second-order valence-electron chi connectivity index (χ2n) is 5.21. The van der Waals surface area contributed by atoms with E-state index >= 15 is 0 Å². The van der Waals surface area contributed by atoms with Gasteiger partial charge < -0.3 is 15.0 Å². The maximum Gasteiger partial charge on any atom is 0.312 e. The summed E-state index contributed by atoms with van der Waals surface area (Å²) >= 11 is 0. The Labute approximate surface area is 124 Å². The number of carbonyl (C=O) groups is 2. The first-order valence-corrected chi connectivity index (χ1v) is 7.30. The number of carbonyl (C=O) groups excluding carboxylic acids is 2. The van der Waals surface area contributed by atoms with Gasteiger partial charge in [0.2, 0.25) is 0 Å². The molecule has 2 rings (SSSR count). The van der Waals surface area contributed by atoms with Gasteiger partial charge in [-0.3, -0.25) is 14.6 Å². The summed E-state index contributed by atoms with van der Waals surface area (Å²) in [4.78, 5) is 29.3. The zero-order chi connectivity index (χ0) is 15.2. The molecule has 0 radical (unpaired) electrons. The molecule has 2 atom stereocenters. The summed E-state index contributed by atoms with van der Waals surface area (Å²) < 4.78 is 4.96. The molecule has 1 aliphatic rings. The monoisotopic (exact) mass is 292 g/mol. The van der Waals surface area contributed by atoms with Crippen LogP contribution in [0.3, 0.4) is 0 Å². The van der Waals surface area contributed by atoms with Crippen molar-refractivity contribution in [2.45, 2.75) is 32.9 Å². The van der Waals surface area contributed by atoms with Crippen LogP contribution in [0.2, 0.25) is 0 Å². The lowest BCUT2D eigenvalue weighted by molar-refractivity contribution is -0.931. The molecule has 2 heterocycles. The fourth-order valence-corrected chi connectivity index (χ4v) is 2.59. The van der Waals surface area contributed by atoms with Crippen LogP contribution in [0.25, 0.3) is 0 Å². The first-order valence-electron chi connectivity index (χ1n) is 7.30. The summed E-state index contributed by atoms with van der Waals surface area (Å²) in [6.45, 7) is 6.09. The van der Waals surface area contributed by atoms with E-state index in [1.807, 2.05) is 25.1 Å². The number of aromatic nitrogens is 1. The van der Waals surface area contributed by atoms with Crippen molar-refractivity contribution in [3.05, 3.63) is 29.6 Å². The van der Waals surface area contributed by atoms with E-state index < -0.39 is 6.04 Å². The topological polar surface area (TPSA) is 72.7 Å². The Balaban J connectivity index is 2.07. The Morgan fingerprint density at radius 2 is 2.33 bits per heavy atom. The van der Waals surface area contributed by atoms with Crippen LogP contribution in [0, 0.1) is 6.92 Å². The van der Waals surface area contributed by atoms with E-state index in [1.54, 1.807) is 6.92 Å². The van der Waals surface area contributed by atoms with Gasteiger partial charge in [0.05, 0.1) is 25.4 Å². The summed E-state index contributed by atoms with van der Waals surface area (Å²) in [5, 5.41) is 2.82. The standard InChI is InChI=1S/C15H21N3O3/c1-3-21-14(19)9-13-15(20)16-7-8-18(13)10-12-6-4-5-11(2)17-12/h4-6,13H,3,7-10H2,1-2H3,(H,16,20)/p+1/t13-/m0/s1. The number of quaternary nitrogens is 1. The first kappa shape index (κ1) is 15.4. The van der Waals surface area contributed by atoms with Gasteiger partial charge in [-0.1, -0.05) is 6.07 Å². The number of pyridine rings is 1. The number of nitrogens with zero attached hydrogens (tertiary/aromatic N) is 1. The number of aryl methyl sites for hydroxylation is 1. The molecule has 1 aromatic rings. The molecule has 0 spiro atoms. The van der Waals surface area contributed by atoms with Crippen molar-refractivity contribution in [3.8, 4) is 0 Å². The smallest absolute Gasteiger partial charge is 0.312 e. The predicted molar refractivity (Wildman–Crippen MR) is 76.6 cm³/mol. The minimum atomic E-state index is -0.403. The molecular formula is C15H22N3O3+. The van der Waals surface area contributed by atoms with Crippen LogP contribution in [0.4, 0.5) is 0 Å². The van der Waals surface area contributed by atoms with Crippen molar-refractivity contribution in [2.24, 2.45) is 0 Å². The molecule has 2 N–H and O–H groups in total. The van der Waals surface area contributed by atoms with E-state index in [2.05, 4.69) is 10.3 Å². The van der Waals surface area contributed by atoms with Gasteiger partial charge in [0.15, 0.2) is 6.04 Å². The summed E-state index contributed by atoms with van der Waals surface area (Å²) in [6.07, 6.45) is 0.112. The average Bonchev–Trinajstić information content (AvgIpc) is 2.43. The van der Waals surface area contributed by atoms with Crippen LogP contribution >= 0.6 is 0 Å². The largest absolute Gasteiger partial charge is 0.466 e. The maximum absolute atomic E-state index is 12.0. The van der Waals surface area contributed by atoms with Crippen LogP contribution < -0.4 is 10.2 Å². The fraction of sp³-hybridized carbons (Fsp3) is 0.533. The molecule has 0 aromatic carbocycles. The Hall–Kier alpha value is -1.95. The van der Waals surface area contributed by atoms with Crippen molar-refractivity contribution < 1.29 is 19.2 Å². The number of amides is 1. The number of esters is 1. The highest BCUT2D eigenvalue weighted by molar-refractivity contribution is 5.85. The summed E-state index contributed by atoms with van der Waals surface area (Å²) in [5.41, 5.74) is 1.89. The fourth-order valence-electron chi connectivity index (χ4n) is 2.59. The van der Waals surface area contributed by atoms with Gasteiger partial charge in [-0.25, -0.2) is 0 Å². The summed E-state index contributed by atoms with van der Waals surface area (Å²) in [6, 6.07) is 5.45. The van der Waals surface area contributed by atoms with Crippen molar-refractivity contribution in [1.82, 2.24) is 10.3 Å². The highest BCUT2D eigenvalue weighted by Gasteiger charge is 2.36. The van der Waals surface area contributed by atoms with E-state index in [0.29, 0.717) is 19.7 Å². The Bertz CT molecular complexity index is 519. The number of ether oxygens (including phenoxy) is 1. The second kappa shape index (κ2) is 7.17. The minimum absolute atomic E-state index is 0.0862. The summed E-state index contributed by atoms with van der Waals surface area (Å²) in [7, 11) is 0.